The van der Waals surface area contributed by atoms with Crippen molar-refractivity contribution in [1.29, 1.82) is 0 Å². The normalized spacial score (nSPS) is 10.6. The Kier molecular flexibility index (Phi) is 3.54. The maximum absolute atomic E-state index is 13.3. The molecule has 0 fully saturated rings. The van der Waals surface area contributed by atoms with Crippen molar-refractivity contribution >= 4 is 11.6 Å². The molecule has 0 amide bonds. The van der Waals surface area contributed by atoms with E-state index in [2.05, 4.69) is 15.0 Å². The second-order valence-electron chi connectivity index (χ2n) is 3.33. The molecule has 0 atom stereocenters. The zero-order valence-electron chi connectivity index (χ0n) is 8.41. The Bertz CT molecular complexity index is 459. The Hall–Kier alpha value is -1.39. The minimum atomic E-state index is -0.267. The SMILES string of the molecule is Fc1ccc(Cl)cc1CNCc1ccon1. The third-order valence-corrected chi connectivity index (χ3v) is 2.36. The molecule has 5 heteroatoms. The first kappa shape index (κ1) is 11.1. The van der Waals surface area contributed by atoms with E-state index in [1.807, 2.05) is 0 Å². The molecule has 0 radical (unpaired) electrons. The van der Waals surface area contributed by atoms with E-state index in [4.69, 9.17) is 11.6 Å². The first-order valence-electron chi connectivity index (χ1n) is 4.79. The number of halogens is 2. The minimum absolute atomic E-state index is 0.267. The molecule has 84 valence electrons. The molecule has 1 heterocycles. The largest absolute Gasteiger partial charge is 0.364 e. The molecule has 1 aromatic carbocycles. The Labute approximate surface area is 97.2 Å². The smallest absolute Gasteiger partial charge is 0.127 e. The van der Waals surface area contributed by atoms with Gasteiger partial charge in [0.15, 0.2) is 0 Å². The maximum Gasteiger partial charge on any atom is 0.127 e. The highest BCUT2D eigenvalue weighted by Crippen LogP contribution is 2.14. The minimum Gasteiger partial charge on any atom is -0.364 e. The monoisotopic (exact) mass is 240 g/mol. The lowest BCUT2D eigenvalue weighted by Crippen LogP contribution is -2.13. The van der Waals surface area contributed by atoms with Crippen molar-refractivity contribution in [3.05, 3.63) is 52.6 Å². The molecule has 0 aliphatic carbocycles. The van der Waals surface area contributed by atoms with Crippen molar-refractivity contribution in [3.8, 4) is 0 Å². The van der Waals surface area contributed by atoms with Crippen molar-refractivity contribution < 1.29 is 8.91 Å². The summed E-state index contributed by atoms with van der Waals surface area (Å²) in [6, 6.07) is 6.24. The summed E-state index contributed by atoms with van der Waals surface area (Å²) in [5, 5.41) is 7.31. The van der Waals surface area contributed by atoms with Gasteiger partial charge in [0.25, 0.3) is 0 Å². The van der Waals surface area contributed by atoms with Crippen LogP contribution in [0.1, 0.15) is 11.3 Å². The predicted molar refractivity (Wildman–Crippen MR) is 58.5 cm³/mol. The molecule has 16 heavy (non-hydrogen) atoms. The van der Waals surface area contributed by atoms with Gasteiger partial charge in [-0.25, -0.2) is 4.39 Å². The quantitative estimate of drug-likeness (QED) is 0.893. The number of aromatic nitrogens is 1. The van der Waals surface area contributed by atoms with Gasteiger partial charge in [-0.2, -0.15) is 0 Å². The van der Waals surface area contributed by atoms with Crippen molar-refractivity contribution in [3.63, 3.8) is 0 Å². The molecule has 0 aliphatic heterocycles. The molecule has 1 aromatic heterocycles. The highest BCUT2D eigenvalue weighted by molar-refractivity contribution is 6.30. The van der Waals surface area contributed by atoms with Crippen LogP contribution in [0.15, 0.2) is 35.1 Å². The maximum atomic E-state index is 13.3. The standard InChI is InChI=1S/C11H10ClFN2O/c12-9-1-2-11(13)8(5-9)6-14-7-10-3-4-16-15-10/h1-5,14H,6-7H2. The number of hydrogen-bond donors (Lipinski definition) is 1. The Morgan fingerprint density at radius 3 is 2.94 bits per heavy atom. The summed E-state index contributed by atoms with van der Waals surface area (Å²) in [5.74, 6) is -0.267. The Morgan fingerprint density at radius 1 is 1.31 bits per heavy atom. The van der Waals surface area contributed by atoms with Crippen LogP contribution < -0.4 is 5.32 Å². The van der Waals surface area contributed by atoms with E-state index >= 15 is 0 Å². The summed E-state index contributed by atoms with van der Waals surface area (Å²) < 4.78 is 18.0. The van der Waals surface area contributed by atoms with Crippen LogP contribution in [0.4, 0.5) is 4.39 Å². The number of nitrogens with one attached hydrogen (secondary N) is 1. The first-order valence-corrected chi connectivity index (χ1v) is 5.17. The third-order valence-electron chi connectivity index (χ3n) is 2.12. The Morgan fingerprint density at radius 2 is 2.19 bits per heavy atom. The van der Waals surface area contributed by atoms with E-state index in [0.717, 1.165) is 5.69 Å². The number of rotatable bonds is 4. The van der Waals surface area contributed by atoms with E-state index in [-0.39, 0.29) is 5.82 Å². The fourth-order valence-electron chi connectivity index (χ4n) is 1.33. The van der Waals surface area contributed by atoms with E-state index in [1.165, 1.54) is 18.4 Å². The summed E-state index contributed by atoms with van der Waals surface area (Å²) in [4.78, 5) is 0. The van der Waals surface area contributed by atoms with E-state index in [1.54, 1.807) is 12.1 Å². The molecule has 2 aromatic rings. The van der Waals surface area contributed by atoms with Crippen molar-refractivity contribution in [2.24, 2.45) is 0 Å². The van der Waals surface area contributed by atoms with Gasteiger partial charge in [0.05, 0.1) is 5.69 Å². The fraction of sp³-hybridized carbons (Fsp3) is 0.182. The third kappa shape index (κ3) is 2.81. The molecular formula is C11H10ClFN2O. The van der Waals surface area contributed by atoms with Crippen molar-refractivity contribution in [2.75, 3.05) is 0 Å². The second-order valence-corrected chi connectivity index (χ2v) is 3.77. The van der Waals surface area contributed by atoms with Gasteiger partial charge in [-0.05, 0) is 18.2 Å². The molecule has 0 bridgehead atoms. The highest BCUT2D eigenvalue weighted by atomic mass is 35.5. The molecule has 1 N–H and O–H groups in total. The van der Waals surface area contributed by atoms with Crippen molar-refractivity contribution in [2.45, 2.75) is 13.1 Å². The average Bonchev–Trinajstić information content (AvgIpc) is 2.76. The highest BCUT2D eigenvalue weighted by Gasteiger charge is 2.03. The summed E-state index contributed by atoms with van der Waals surface area (Å²) in [6.45, 7) is 0.932. The summed E-state index contributed by atoms with van der Waals surface area (Å²) >= 11 is 5.77. The summed E-state index contributed by atoms with van der Waals surface area (Å²) in [7, 11) is 0. The molecule has 3 nitrogen and oxygen atoms in total. The molecule has 0 spiro atoms. The van der Waals surface area contributed by atoms with Crippen LogP contribution in [-0.2, 0) is 13.1 Å². The summed E-state index contributed by atoms with van der Waals surface area (Å²) in [5.41, 5.74) is 1.32. The van der Waals surface area contributed by atoms with Gasteiger partial charge in [0.1, 0.15) is 12.1 Å². The fourth-order valence-corrected chi connectivity index (χ4v) is 1.53. The number of hydrogen-bond acceptors (Lipinski definition) is 3. The lowest BCUT2D eigenvalue weighted by Gasteiger charge is -2.04. The van der Waals surface area contributed by atoms with Crippen LogP contribution in [0.5, 0.6) is 0 Å². The Balaban J connectivity index is 1.92. The lowest BCUT2D eigenvalue weighted by molar-refractivity contribution is 0.408. The van der Waals surface area contributed by atoms with Crippen LogP contribution >= 0.6 is 11.6 Å². The lowest BCUT2D eigenvalue weighted by atomic mass is 10.2. The first-order chi connectivity index (χ1) is 7.75. The van der Waals surface area contributed by atoms with Gasteiger partial charge in [-0.3, -0.25) is 0 Å². The molecule has 0 saturated carbocycles. The van der Waals surface area contributed by atoms with Crippen LogP contribution in [0.25, 0.3) is 0 Å². The van der Waals surface area contributed by atoms with Gasteiger partial charge in [0, 0.05) is 29.7 Å². The van der Waals surface area contributed by atoms with Crippen LogP contribution in [0, 0.1) is 5.82 Å². The zero-order chi connectivity index (χ0) is 11.4. The molecule has 0 unspecified atom stereocenters. The zero-order valence-corrected chi connectivity index (χ0v) is 9.17. The summed E-state index contributed by atoms with van der Waals surface area (Å²) in [6.07, 6.45) is 1.50. The van der Waals surface area contributed by atoms with Crippen LogP contribution in [0.3, 0.4) is 0 Å². The topological polar surface area (TPSA) is 38.1 Å². The molecule has 0 saturated heterocycles. The molecule has 0 aliphatic rings. The van der Waals surface area contributed by atoms with Gasteiger partial charge in [-0.15, -0.1) is 0 Å². The van der Waals surface area contributed by atoms with Crippen LogP contribution in [0.2, 0.25) is 5.02 Å². The molecular weight excluding hydrogens is 231 g/mol. The van der Waals surface area contributed by atoms with E-state index < -0.39 is 0 Å². The number of benzene rings is 1. The van der Waals surface area contributed by atoms with Gasteiger partial charge in [-0.1, -0.05) is 16.8 Å². The number of nitrogens with zero attached hydrogens (tertiary/aromatic N) is 1. The van der Waals surface area contributed by atoms with Crippen molar-refractivity contribution in [1.82, 2.24) is 10.5 Å². The van der Waals surface area contributed by atoms with Crippen LogP contribution in [-0.4, -0.2) is 5.16 Å². The van der Waals surface area contributed by atoms with E-state index in [0.29, 0.717) is 23.7 Å². The van der Waals surface area contributed by atoms with Gasteiger partial charge < -0.3 is 9.84 Å². The molecule has 2 rings (SSSR count). The predicted octanol–water partition coefficient (Wildman–Crippen LogP) is 2.76. The average molecular weight is 241 g/mol. The van der Waals surface area contributed by atoms with Gasteiger partial charge in [0.2, 0.25) is 0 Å². The van der Waals surface area contributed by atoms with Gasteiger partial charge >= 0.3 is 0 Å². The van der Waals surface area contributed by atoms with E-state index in [9.17, 15) is 4.39 Å². The second kappa shape index (κ2) is 5.09.